The summed E-state index contributed by atoms with van der Waals surface area (Å²) in [4.78, 5) is 31.9. The molecule has 0 spiro atoms. The third kappa shape index (κ3) is 3.24. The average molecular weight is 354 g/mol. The van der Waals surface area contributed by atoms with Gasteiger partial charge in [-0.1, -0.05) is 42.4 Å². The van der Waals surface area contributed by atoms with Crippen LogP contribution in [-0.2, 0) is 11.3 Å². The Balaban J connectivity index is 1.94. The number of rotatable bonds is 6. The number of aryl methyl sites for hydroxylation is 1. The van der Waals surface area contributed by atoms with Gasteiger partial charge in [-0.15, -0.1) is 0 Å². The Morgan fingerprint density at radius 3 is 2.65 bits per heavy atom. The van der Waals surface area contributed by atoms with Crippen molar-refractivity contribution in [2.45, 2.75) is 39.8 Å². The van der Waals surface area contributed by atoms with Crippen molar-refractivity contribution < 1.29 is 9.32 Å². The first-order valence-corrected chi connectivity index (χ1v) is 8.72. The first-order chi connectivity index (χ1) is 12.6. The van der Waals surface area contributed by atoms with Gasteiger partial charge in [-0.25, -0.2) is 4.98 Å². The minimum Gasteiger partial charge on any atom is -0.337 e. The van der Waals surface area contributed by atoms with Gasteiger partial charge >= 0.3 is 0 Å². The molecule has 1 unspecified atom stereocenters. The second kappa shape index (κ2) is 7.51. The van der Waals surface area contributed by atoms with Gasteiger partial charge in [0.2, 0.25) is 5.91 Å². The van der Waals surface area contributed by atoms with Crippen molar-refractivity contribution in [3.8, 4) is 0 Å². The summed E-state index contributed by atoms with van der Waals surface area (Å²) in [6.07, 6.45) is 1.86. The Hall–Kier alpha value is -2.96. The molecular weight excluding hydrogens is 332 g/mol. The van der Waals surface area contributed by atoms with Crippen LogP contribution >= 0.6 is 0 Å². The van der Waals surface area contributed by atoms with Crippen LogP contribution in [0.2, 0.25) is 0 Å². The zero-order valence-corrected chi connectivity index (χ0v) is 15.2. The molecule has 1 aromatic carbocycles. The topological polar surface area (TPSA) is 81.2 Å². The van der Waals surface area contributed by atoms with Crippen LogP contribution in [0, 0.1) is 6.92 Å². The van der Waals surface area contributed by atoms with Crippen LogP contribution in [0.3, 0.4) is 0 Å². The van der Waals surface area contributed by atoms with E-state index >= 15 is 0 Å². The Kier molecular flexibility index (Phi) is 5.16. The zero-order valence-electron chi connectivity index (χ0n) is 15.2. The fourth-order valence-corrected chi connectivity index (χ4v) is 3.06. The van der Waals surface area contributed by atoms with Crippen molar-refractivity contribution in [2.75, 3.05) is 6.54 Å². The summed E-state index contributed by atoms with van der Waals surface area (Å²) in [5.74, 6) is -0.101. The van der Waals surface area contributed by atoms with E-state index in [1.807, 2.05) is 44.2 Å². The van der Waals surface area contributed by atoms with Crippen molar-refractivity contribution in [3.05, 3.63) is 58.3 Å². The van der Waals surface area contributed by atoms with Gasteiger partial charge in [-0.2, -0.15) is 0 Å². The number of benzene rings is 1. The van der Waals surface area contributed by atoms with Gasteiger partial charge < -0.3 is 9.42 Å². The Morgan fingerprint density at radius 1 is 1.27 bits per heavy atom. The third-order valence-corrected chi connectivity index (χ3v) is 4.51. The van der Waals surface area contributed by atoms with E-state index in [2.05, 4.69) is 10.1 Å². The van der Waals surface area contributed by atoms with Crippen LogP contribution in [0.1, 0.15) is 37.6 Å². The normalized spacial score (nSPS) is 12.3. The Bertz CT molecular complexity index is 962. The SMILES string of the molecule is CCC(C(=O)N(CC)Cc1ccccc1)n1cnc2onc(C)c2c1=O. The van der Waals surface area contributed by atoms with E-state index in [0.717, 1.165) is 5.56 Å². The van der Waals surface area contributed by atoms with E-state index in [1.165, 1.54) is 10.9 Å². The molecular formula is C19H22N4O3. The maximum atomic E-state index is 13.1. The predicted octanol–water partition coefficient (Wildman–Crippen LogP) is 2.69. The zero-order chi connectivity index (χ0) is 18.7. The second-order valence-corrected chi connectivity index (χ2v) is 6.17. The number of hydrogen-bond donors (Lipinski definition) is 0. The van der Waals surface area contributed by atoms with Crippen LogP contribution in [0.4, 0.5) is 0 Å². The van der Waals surface area contributed by atoms with E-state index in [4.69, 9.17) is 4.52 Å². The quantitative estimate of drug-likeness (QED) is 0.680. The number of carbonyl (C=O) groups excluding carboxylic acids is 1. The maximum Gasteiger partial charge on any atom is 0.267 e. The standard InChI is InChI=1S/C19H22N4O3/c1-4-15(18(24)22(5-2)11-14-9-7-6-8-10-14)23-12-20-17-16(19(23)25)13(3)21-26-17/h6-10,12,15H,4-5,11H2,1-3H3. The molecule has 0 saturated heterocycles. The highest BCUT2D eigenvalue weighted by Gasteiger charge is 2.26. The molecule has 0 saturated carbocycles. The molecule has 2 aromatic heterocycles. The highest BCUT2D eigenvalue weighted by molar-refractivity contribution is 5.81. The number of carbonyl (C=O) groups is 1. The van der Waals surface area contributed by atoms with Crippen molar-refractivity contribution in [1.29, 1.82) is 0 Å². The molecule has 1 amide bonds. The Morgan fingerprint density at radius 2 is 2.00 bits per heavy atom. The summed E-state index contributed by atoms with van der Waals surface area (Å²) in [5, 5.41) is 4.11. The van der Waals surface area contributed by atoms with Gasteiger partial charge in [0.05, 0.1) is 5.69 Å². The van der Waals surface area contributed by atoms with Crippen molar-refractivity contribution in [3.63, 3.8) is 0 Å². The van der Waals surface area contributed by atoms with Gasteiger partial charge in [-0.05, 0) is 25.8 Å². The van der Waals surface area contributed by atoms with Crippen molar-refractivity contribution >= 4 is 17.0 Å². The summed E-state index contributed by atoms with van der Waals surface area (Å²) < 4.78 is 6.43. The van der Waals surface area contributed by atoms with Crippen LogP contribution in [0.15, 0.2) is 46.0 Å². The number of likely N-dealkylation sites (N-methyl/N-ethyl adjacent to an activating group) is 1. The molecule has 0 N–H and O–H groups in total. The summed E-state index contributed by atoms with van der Waals surface area (Å²) >= 11 is 0. The number of aromatic nitrogens is 3. The lowest BCUT2D eigenvalue weighted by Gasteiger charge is -2.26. The largest absolute Gasteiger partial charge is 0.337 e. The van der Waals surface area contributed by atoms with Gasteiger partial charge in [0.15, 0.2) is 0 Å². The molecule has 7 nitrogen and oxygen atoms in total. The minimum atomic E-state index is -0.614. The first-order valence-electron chi connectivity index (χ1n) is 8.72. The maximum absolute atomic E-state index is 13.1. The molecule has 136 valence electrons. The van der Waals surface area contributed by atoms with Gasteiger partial charge in [0.25, 0.3) is 11.3 Å². The van der Waals surface area contributed by atoms with Gasteiger partial charge in [-0.3, -0.25) is 14.2 Å². The summed E-state index contributed by atoms with van der Waals surface area (Å²) in [5.41, 5.74) is 1.42. The first kappa shape index (κ1) is 17.8. The molecule has 7 heteroatoms. The molecule has 0 aliphatic carbocycles. The van der Waals surface area contributed by atoms with Crippen LogP contribution in [0.5, 0.6) is 0 Å². The highest BCUT2D eigenvalue weighted by atomic mass is 16.5. The lowest BCUT2D eigenvalue weighted by molar-refractivity contribution is -0.135. The molecule has 3 rings (SSSR count). The summed E-state index contributed by atoms with van der Waals surface area (Å²) in [7, 11) is 0. The summed E-state index contributed by atoms with van der Waals surface area (Å²) in [6.45, 7) is 6.57. The molecule has 1 atom stereocenters. The van der Waals surface area contributed by atoms with Crippen molar-refractivity contribution in [2.24, 2.45) is 0 Å². The number of nitrogens with zero attached hydrogens (tertiary/aromatic N) is 4. The predicted molar refractivity (Wildman–Crippen MR) is 97.7 cm³/mol. The smallest absolute Gasteiger partial charge is 0.267 e. The molecule has 0 aliphatic heterocycles. The fourth-order valence-electron chi connectivity index (χ4n) is 3.06. The molecule has 26 heavy (non-hydrogen) atoms. The third-order valence-electron chi connectivity index (χ3n) is 4.51. The molecule has 0 aliphatic rings. The van der Waals surface area contributed by atoms with Gasteiger partial charge in [0.1, 0.15) is 17.8 Å². The Labute approximate surface area is 151 Å². The molecule has 0 fully saturated rings. The lowest BCUT2D eigenvalue weighted by atomic mass is 10.1. The van der Waals surface area contributed by atoms with Crippen molar-refractivity contribution in [1.82, 2.24) is 19.6 Å². The van der Waals surface area contributed by atoms with E-state index in [-0.39, 0.29) is 17.2 Å². The highest BCUT2D eigenvalue weighted by Crippen LogP contribution is 2.18. The lowest BCUT2D eigenvalue weighted by Crippen LogP contribution is -2.40. The molecule has 2 heterocycles. The fraction of sp³-hybridized carbons (Fsp3) is 0.368. The van der Waals surface area contributed by atoms with E-state index < -0.39 is 6.04 Å². The number of fused-ring (bicyclic) bond motifs is 1. The van der Waals surface area contributed by atoms with E-state index in [1.54, 1.807) is 11.8 Å². The number of amides is 1. The van der Waals surface area contributed by atoms with Crippen LogP contribution in [0.25, 0.3) is 11.1 Å². The number of hydrogen-bond acceptors (Lipinski definition) is 5. The van der Waals surface area contributed by atoms with E-state index in [0.29, 0.717) is 30.6 Å². The molecule has 0 bridgehead atoms. The van der Waals surface area contributed by atoms with Gasteiger partial charge in [0, 0.05) is 13.1 Å². The molecule has 3 aromatic rings. The van der Waals surface area contributed by atoms with Crippen LogP contribution in [-0.4, -0.2) is 32.1 Å². The van der Waals surface area contributed by atoms with E-state index in [9.17, 15) is 9.59 Å². The summed E-state index contributed by atoms with van der Waals surface area (Å²) in [6, 6.07) is 9.19. The average Bonchev–Trinajstić information content (AvgIpc) is 3.04. The molecule has 0 radical (unpaired) electrons. The monoisotopic (exact) mass is 354 g/mol. The van der Waals surface area contributed by atoms with Crippen LogP contribution < -0.4 is 5.56 Å². The second-order valence-electron chi connectivity index (χ2n) is 6.17. The minimum absolute atomic E-state index is 0.101.